The lowest BCUT2D eigenvalue weighted by Crippen LogP contribution is -2.18. The van der Waals surface area contributed by atoms with Crippen molar-refractivity contribution in [2.24, 2.45) is 5.73 Å². The maximum Gasteiger partial charge on any atom is 0.259 e. The Morgan fingerprint density at radius 1 is 1.33 bits per heavy atom. The Kier molecular flexibility index (Phi) is 7.83. The van der Waals surface area contributed by atoms with E-state index < -0.39 is 0 Å². The van der Waals surface area contributed by atoms with Gasteiger partial charge in [-0.1, -0.05) is 0 Å². The van der Waals surface area contributed by atoms with Gasteiger partial charge < -0.3 is 15.8 Å². The van der Waals surface area contributed by atoms with E-state index in [1.54, 1.807) is 43.4 Å². The predicted octanol–water partition coefficient (Wildman–Crippen LogP) is 3.68. The zero-order valence-electron chi connectivity index (χ0n) is 13.0. The SMILES string of the molecule is COc1cc2c(cc1C(=O)Nc1ccncc1)SCC[C@@H]2N.Cl.Cl. The summed E-state index contributed by atoms with van der Waals surface area (Å²) in [6, 6.07) is 7.24. The second kappa shape index (κ2) is 9.13. The van der Waals surface area contributed by atoms with Crippen molar-refractivity contribution in [3.63, 3.8) is 0 Å². The lowest BCUT2D eigenvalue weighted by molar-refractivity contribution is 0.102. The number of amides is 1. The molecule has 1 aromatic heterocycles. The van der Waals surface area contributed by atoms with E-state index in [-0.39, 0.29) is 36.8 Å². The number of aromatic nitrogens is 1. The Balaban J connectivity index is 0.00000144. The first-order valence-corrected chi connectivity index (χ1v) is 7.99. The Morgan fingerprint density at radius 3 is 2.71 bits per heavy atom. The van der Waals surface area contributed by atoms with Crippen LogP contribution >= 0.6 is 36.6 Å². The van der Waals surface area contributed by atoms with Crippen LogP contribution in [0.2, 0.25) is 0 Å². The third kappa shape index (κ3) is 4.33. The summed E-state index contributed by atoms with van der Waals surface area (Å²) in [5.74, 6) is 1.31. The van der Waals surface area contributed by atoms with Crippen LogP contribution in [0.25, 0.3) is 0 Å². The van der Waals surface area contributed by atoms with Crippen molar-refractivity contribution in [1.29, 1.82) is 0 Å². The molecule has 2 heterocycles. The van der Waals surface area contributed by atoms with Gasteiger partial charge in [-0.25, -0.2) is 0 Å². The number of pyridine rings is 1. The number of thioether (sulfide) groups is 1. The van der Waals surface area contributed by atoms with E-state index in [4.69, 9.17) is 10.5 Å². The zero-order valence-corrected chi connectivity index (χ0v) is 15.5. The normalized spacial score (nSPS) is 15.3. The lowest BCUT2D eigenvalue weighted by atomic mass is 10.0. The molecule has 0 saturated carbocycles. The van der Waals surface area contributed by atoms with E-state index in [1.165, 1.54) is 0 Å². The Bertz CT molecular complexity index is 701. The first-order valence-electron chi connectivity index (χ1n) is 7.00. The van der Waals surface area contributed by atoms with E-state index in [9.17, 15) is 4.79 Å². The number of ether oxygens (including phenoxy) is 1. The summed E-state index contributed by atoms with van der Waals surface area (Å²) < 4.78 is 5.38. The monoisotopic (exact) mass is 387 g/mol. The summed E-state index contributed by atoms with van der Waals surface area (Å²) in [5, 5.41) is 2.85. The van der Waals surface area contributed by atoms with Crippen LogP contribution in [0, 0.1) is 0 Å². The fourth-order valence-electron chi connectivity index (χ4n) is 2.42. The number of hydrogen-bond acceptors (Lipinski definition) is 5. The smallest absolute Gasteiger partial charge is 0.259 e. The molecule has 0 radical (unpaired) electrons. The third-order valence-corrected chi connectivity index (χ3v) is 4.71. The van der Waals surface area contributed by atoms with Crippen molar-refractivity contribution in [1.82, 2.24) is 4.98 Å². The second-order valence-corrected chi connectivity index (χ2v) is 6.16. The molecule has 1 aliphatic heterocycles. The van der Waals surface area contributed by atoms with Crippen molar-refractivity contribution in [3.8, 4) is 5.75 Å². The topological polar surface area (TPSA) is 77.2 Å². The number of hydrogen-bond donors (Lipinski definition) is 2. The van der Waals surface area contributed by atoms with Crippen LogP contribution < -0.4 is 15.8 Å². The molecule has 0 fully saturated rings. The maximum atomic E-state index is 12.5. The summed E-state index contributed by atoms with van der Waals surface area (Å²) >= 11 is 1.72. The number of carbonyl (C=O) groups is 1. The molecule has 5 nitrogen and oxygen atoms in total. The number of rotatable bonds is 3. The second-order valence-electron chi connectivity index (χ2n) is 5.02. The number of nitrogens with one attached hydrogen (secondary N) is 1. The summed E-state index contributed by atoms with van der Waals surface area (Å²) in [4.78, 5) is 17.5. The molecule has 1 amide bonds. The highest BCUT2D eigenvalue weighted by Crippen LogP contribution is 2.39. The summed E-state index contributed by atoms with van der Waals surface area (Å²) in [6.45, 7) is 0. The highest BCUT2D eigenvalue weighted by Gasteiger charge is 2.22. The molecular weight excluding hydrogens is 369 g/mol. The quantitative estimate of drug-likeness (QED) is 0.839. The molecule has 0 saturated heterocycles. The number of nitrogens with zero attached hydrogens (tertiary/aromatic N) is 1. The number of anilines is 1. The number of fused-ring (bicyclic) bond motifs is 1. The average molecular weight is 388 g/mol. The fraction of sp³-hybridized carbons (Fsp3) is 0.250. The molecule has 1 aliphatic rings. The van der Waals surface area contributed by atoms with Gasteiger partial charge in [0, 0.05) is 29.0 Å². The van der Waals surface area contributed by atoms with Crippen LogP contribution in [0.4, 0.5) is 5.69 Å². The van der Waals surface area contributed by atoms with Gasteiger partial charge in [-0.3, -0.25) is 9.78 Å². The highest BCUT2D eigenvalue weighted by atomic mass is 35.5. The minimum atomic E-state index is -0.203. The molecule has 0 spiro atoms. The van der Waals surface area contributed by atoms with Gasteiger partial charge in [-0.15, -0.1) is 36.6 Å². The van der Waals surface area contributed by atoms with Gasteiger partial charge in [0.15, 0.2) is 0 Å². The van der Waals surface area contributed by atoms with Gasteiger partial charge in [0.2, 0.25) is 0 Å². The van der Waals surface area contributed by atoms with Crippen LogP contribution in [0.5, 0.6) is 5.75 Å². The Labute approximate surface area is 157 Å². The van der Waals surface area contributed by atoms with Gasteiger partial charge in [0.1, 0.15) is 5.75 Å². The van der Waals surface area contributed by atoms with E-state index in [2.05, 4.69) is 10.3 Å². The largest absolute Gasteiger partial charge is 0.496 e. The van der Waals surface area contributed by atoms with Crippen LogP contribution in [0.1, 0.15) is 28.4 Å². The first-order chi connectivity index (χ1) is 10.7. The number of methoxy groups -OCH3 is 1. The van der Waals surface area contributed by atoms with E-state index in [0.717, 1.165) is 22.6 Å². The number of carbonyl (C=O) groups excluding carboxylic acids is 1. The summed E-state index contributed by atoms with van der Waals surface area (Å²) in [6.07, 6.45) is 4.20. The van der Waals surface area contributed by atoms with Crippen molar-refractivity contribution >= 4 is 48.2 Å². The van der Waals surface area contributed by atoms with Crippen molar-refractivity contribution < 1.29 is 9.53 Å². The maximum absolute atomic E-state index is 12.5. The van der Waals surface area contributed by atoms with Gasteiger partial charge >= 0.3 is 0 Å². The Morgan fingerprint density at radius 2 is 2.04 bits per heavy atom. The van der Waals surface area contributed by atoms with Crippen molar-refractivity contribution in [3.05, 3.63) is 47.8 Å². The lowest BCUT2D eigenvalue weighted by Gasteiger charge is -2.23. The molecule has 0 aliphatic carbocycles. The van der Waals surface area contributed by atoms with Gasteiger partial charge in [-0.05, 0) is 42.0 Å². The first kappa shape index (κ1) is 20.6. The average Bonchev–Trinajstić information content (AvgIpc) is 2.55. The standard InChI is InChI=1S/C16H17N3O2S.2ClH/c1-21-14-8-11-13(17)4-7-22-15(11)9-12(14)16(20)19-10-2-5-18-6-3-10;;/h2-3,5-6,8-9,13H,4,7,17H2,1H3,(H,18,19,20);2*1H/t13-;;/m0../s1. The summed E-state index contributed by atoms with van der Waals surface area (Å²) in [7, 11) is 1.56. The van der Waals surface area contributed by atoms with Gasteiger partial charge in [-0.2, -0.15) is 0 Å². The molecular formula is C16H19Cl2N3O2S. The Hall–Kier alpha value is -1.47. The molecule has 24 heavy (non-hydrogen) atoms. The predicted molar refractivity (Wildman–Crippen MR) is 102 cm³/mol. The fourth-order valence-corrected chi connectivity index (χ4v) is 3.59. The van der Waals surface area contributed by atoms with E-state index in [1.807, 2.05) is 12.1 Å². The summed E-state index contributed by atoms with van der Waals surface area (Å²) in [5.41, 5.74) is 8.40. The van der Waals surface area contributed by atoms with E-state index >= 15 is 0 Å². The van der Waals surface area contributed by atoms with Crippen LogP contribution in [-0.2, 0) is 0 Å². The zero-order chi connectivity index (χ0) is 15.5. The number of nitrogens with two attached hydrogens (primary N) is 1. The van der Waals surface area contributed by atoms with Crippen molar-refractivity contribution in [2.75, 3.05) is 18.2 Å². The molecule has 2 aromatic rings. The van der Waals surface area contributed by atoms with Gasteiger partial charge in [0.25, 0.3) is 5.91 Å². The minimum absolute atomic E-state index is 0. The molecule has 3 N–H and O–H groups in total. The van der Waals surface area contributed by atoms with Crippen molar-refractivity contribution in [2.45, 2.75) is 17.4 Å². The van der Waals surface area contributed by atoms with Crippen LogP contribution in [-0.4, -0.2) is 23.8 Å². The minimum Gasteiger partial charge on any atom is -0.496 e. The number of halogens is 2. The molecule has 1 aromatic carbocycles. The van der Waals surface area contributed by atoms with E-state index in [0.29, 0.717) is 17.0 Å². The molecule has 3 rings (SSSR count). The third-order valence-electron chi connectivity index (χ3n) is 3.60. The highest BCUT2D eigenvalue weighted by molar-refractivity contribution is 7.99. The molecule has 8 heteroatoms. The van der Waals surface area contributed by atoms with Crippen LogP contribution in [0.3, 0.4) is 0 Å². The number of benzene rings is 1. The molecule has 0 bridgehead atoms. The molecule has 0 unspecified atom stereocenters. The van der Waals surface area contributed by atoms with Gasteiger partial charge in [0.05, 0.1) is 12.7 Å². The molecule has 1 atom stereocenters. The molecule has 130 valence electrons. The van der Waals surface area contributed by atoms with Crippen LogP contribution in [0.15, 0.2) is 41.6 Å².